The highest BCUT2D eigenvalue weighted by Crippen LogP contribution is 2.35. The molecule has 1 aromatic carbocycles. The third kappa shape index (κ3) is 3.16. The number of fused-ring (bicyclic) bond motifs is 2. The summed E-state index contributed by atoms with van der Waals surface area (Å²) in [7, 11) is 0. The molecule has 7 nitrogen and oxygen atoms in total. The first-order valence-corrected chi connectivity index (χ1v) is 9.17. The minimum Gasteiger partial charge on any atom is -0.462 e. The Morgan fingerprint density at radius 3 is 2.76 bits per heavy atom. The molecule has 0 spiro atoms. The van der Waals surface area contributed by atoms with Crippen molar-refractivity contribution in [1.82, 2.24) is 9.97 Å². The van der Waals surface area contributed by atoms with Gasteiger partial charge in [0.1, 0.15) is 12.1 Å². The van der Waals surface area contributed by atoms with E-state index >= 15 is 0 Å². The van der Waals surface area contributed by atoms with Crippen LogP contribution in [0.4, 0.5) is 5.82 Å². The summed E-state index contributed by atoms with van der Waals surface area (Å²) in [4.78, 5) is 21.5. The van der Waals surface area contributed by atoms with Gasteiger partial charge in [-0.25, -0.2) is 4.98 Å². The maximum absolute atomic E-state index is 13.1. The number of hydrogen-bond acceptors (Lipinski definition) is 7. The van der Waals surface area contributed by atoms with Crippen LogP contribution in [0, 0.1) is 0 Å². The minimum atomic E-state index is -0.132. The molecule has 0 radical (unpaired) electrons. The molecule has 4 heterocycles. The van der Waals surface area contributed by atoms with E-state index in [0.29, 0.717) is 39.4 Å². The summed E-state index contributed by atoms with van der Waals surface area (Å²) in [5.74, 6) is 1.88. The Balaban J connectivity index is 1.52. The summed E-state index contributed by atoms with van der Waals surface area (Å²) in [6.45, 7) is 2.20. The average molecular weight is 387 g/mol. The Kier molecular flexibility index (Phi) is 4.13. The normalized spacial score (nSPS) is 13.4. The van der Waals surface area contributed by atoms with Gasteiger partial charge in [-0.15, -0.1) is 0 Å². The van der Waals surface area contributed by atoms with Crippen molar-refractivity contribution in [2.24, 2.45) is 0 Å². The Bertz CT molecular complexity index is 1250. The van der Waals surface area contributed by atoms with Gasteiger partial charge in [0.2, 0.25) is 12.2 Å². The maximum Gasteiger partial charge on any atom is 0.231 e. The zero-order chi connectivity index (χ0) is 19.8. The third-order valence-electron chi connectivity index (χ3n) is 4.91. The predicted molar refractivity (Wildman–Crippen MR) is 108 cm³/mol. The summed E-state index contributed by atoms with van der Waals surface area (Å²) < 4.78 is 16.4. The average Bonchev–Trinajstić information content (AvgIpc) is 3.23. The van der Waals surface area contributed by atoms with E-state index in [0.717, 1.165) is 5.56 Å². The molecule has 0 fully saturated rings. The number of anilines is 1. The van der Waals surface area contributed by atoms with Gasteiger partial charge in [-0.1, -0.05) is 6.07 Å². The van der Waals surface area contributed by atoms with Gasteiger partial charge >= 0.3 is 0 Å². The first-order valence-electron chi connectivity index (χ1n) is 9.17. The van der Waals surface area contributed by atoms with Gasteiger partial charge in [-0.05, 0) is 48.4 Å². The SMILES string of the molecule is C[C@H](Nc1cc2c(=O)c(-c3ccc4c(c3)OCO4)coc2cn1)c1ccncc1. The topological polar surface area (TPSA) is 86.5 Å². The Morgan fingerprint density at radius 1 is 1.07 bits per heavy atom. The van der Waals surface area contributed by atoms with Gasteiger partial charge in [-0.3, -0.25) is 9.78 Å². The van der Waals surface area contributed by atoms with Crippen molar-refractivity contribution in [1.29, 1.82) is 0 Å². The van der Waals surface area contributed by atoms with Crippen LogP contribution in [0.15, 0.2) is 70.5 Å². The van der Waals surface area contributed by atoms with Crippen molar-refractivity contribution in [3.05, 3.63) is 77.0 Å². The molecule has 0 saturated carbocycles. The molecule has 144 valence electrons. The second-order valence-electron chi connectivity index (χ2n) is 6.76. The fraction of sp³-hybridized carbons (Fsp3) is 0.136. The van der Waals surface area contributed by atoms with E-state index in [1.54, 1.807) is 36.8 Å². The monoisotopic (exact) mass is 387 g/mol. The van der Waals surface area contributed by atoms with E-state index in [1.807, 2.05) is 25.1 Å². The summed E-state index contributed by atoms with van der Waals surface area (Å²) in [6.07, 6.45) is 6.50. The van der Waals surface area contributed by atoms with Crippen molar-refractivity contribution in [3.8, 4) is 22.6 Å². The van der Waals surface area contributed by atoms with E-state index in [4.69, 9.17) is 13.9 Å². The van der Waals surface area contributed by atoms with Crippen LogP contribution in [-0.2, 0) is 0 Å². The van der Waals surface area contributed by atoms with Crippen LogP contribution in [0.1, 0.15) is 18.5 Å². The molecule has 1 atom stereocenters. The highest BCUT2D eigenvalue weighted by molar-refractivity contribution is 5.83. The smallest absolute Gasteiger partial charge is 0.231 e. The standard InChI is InChI=1S/C22H17N3O4/c1-13(14-4-6-23-7-5-14)25-21-9-16-20(10-24-21)27-11-17(22(16)26)15-2-3-18-19(8-15)29-12-28-18/h2-11,13H,12H2,1H3,(H,24,25)/t13-/m0/s1. The number of pyridine rings is 2. The first kappa shape index (κ1) is 17.2. The fourth-order valence-electron chi connectivity index (χ4n) is 3.33. The van der Waals surface area contributed by atoms with Gasteiger partial charge in [0.15, 0.2) is 17.1 Å². The molecule has 1 N–H and O–H groups in total. The van der Waals surface area contributed by atoms with E-state index in [-0.39, 0.29) is 18.3 Å². The number of aromatic nitrogens is 2. The molecular weight excluding hydrogens is 370 g/mol. The minimum absolute atomic E-state index is 0.00651. The quantitative estimate of drug-likeness (QED) is 0.563. The van der Waals surface area contributed by atoms with Crippen LogP contribution in [-0.4, -0.2) is 16.8 Å². The zero-order valence-corrected chi connectivity index (χ0v) is 15.6. The van der Waals surface area contributed by atoms with E-state index in [1.165, 1.54) is 6.26 Å². The van der Waals surface area contributed by atoms with Crippen LogP contribution in [0.5, 0.6) is 11.5 Å². The number of rotatable bonds is 4. The van der Waals surface area contributed by atoms with Crippen LogP contribution in [0.2, 0.25) is 0 Å². The first-order chi connectivity index (χ1) is 14.2. The van der Waals surface area contributed by atoms with Crippen LogP contribution in [0.3, 0.4) is 0 Å². The molecule has 0 saturated heterocycles. The molecule has 1 aliphatic heterocycles. The Hall–Kier alpha value is -3.87. The van der Waals surface area contributed by atoms with Gasteiger partial charge < -0.3 is 19.2 Å². The summed E-state index contributed by atoms with van der Waals surface area (Å²) in [5, 5.41) is 3.77. The number of nitrogens with zero attached hydrogens (tertiary/aromatic N) is 2. The van der Waals surface area contributed by atoms with Crippen molar-refractivity contribution >= 4 is 16.8 Å². The lowest BCUT2D eigenvalue weighted by Crippen LogP contribution is -2.10. The number of nitrogens with one attached hydrogen (secondary N) is 1. The highest BCUT2D eigenvalue weighted by atomic mass is 16.7. The number of benzene rings is 1. The van der Waals surface area contributed by atoms with E-state index in [2.05, 4.69) is 15.3 Å². The van der Waals surface area contributed by atoms with Crippen molar-refractivity contribution in [3.63, 3.8) is 0 Å². The molecule has 0 amide bonds. The zero-order valence-electron chi connectivity index (χ0n) is 15.6. The molecule has 7 heteroatoms. The third-order valence-corrected chi connectivity index (χ3v) is 4.91. The summed E-state index contributed by atoms with van der Waals surface area (Å²) >= 11 is 0. The van der Waals surface area contributed by atoms with Gasteiger partial charge in [0, 0.05) is 12.4 Å². The van der Waals surface area contributed by atoms with Gasteiger partial charge in [-0.2, -0.15) is 0 Å². The molecule has 0 unspecified atom stereocenters. The van der Waals surface area contributed by atoms with E-state index in [9.17, 15) is 4.79 Å². The molecule has 1 aliphatic rings. The predicted octanol–water partition coefficient (Wildman–Crippen LogP) is 4.15. The lowest BCUT2D eigenvalue weighted by Gasteiger charge is -2.15. The second kappa shape index (κ2) is 6.94. The molecule has 4 aromatic rings. The Labute approximate surface area is 165 Å². The van der Waals surface area contributed by atoms with Gasteiger partial charge in [0.05, 0.1) is 23.2 Å². The lowest BCUT2D eigenvalue weighted by atomic mass is 10.1. The fourth-order valence-corrected chi connectivity index (χ4v) is 3.33. The summed E-state index contributed by atoms with van der Waals surface area (Å²) in [5.41, 5.74) is 2.54. The van der Waals surface area contributed by atoms with Crippen LogP contribution < -0.4 is 20.2 Å². The lowest BCUT2D eigenvalue weighted by molar-refractivity contribution is 0.174. The molecular formula is C22H17N3O4. The van der Waals surface area contributed by atoms with Gasteiger partial charge in [0.25, 0.3) is 0 Å². The van der Waals surface area contributed by atoms with Crippen LogP contribution in [0.25, 0.3) is 22.1 Å². The Morgan fingerprint density at radius 2 is 1.90 bits per heavy atom. The van der Waals surface area contributed by atoms with E-state index < -0.39 is 0 Å². The molecule has 0 aliphatic carbocycles. The molecule has 0 bridgehead atoms. The second-order valence-corrected chi connectivity index (χ2v) is 6.76. The van der Waals surface area contributed by atoms with Crippen molar-refractivity contribution in [2.45, 2.75) is 13.0 Å². The van der Waals surface area contributed by atoms with Crippen molar-refractivity contribution in [2.75, 3.05) is 12.1 Å². The largest absolute Gasteiger partial charge is 0.462 e. The summed E-state index contributed by atoms with van der Waals surface area (Å²) in [6, 6.07) is 11.0. The van der Waals surface area contributed by atoms with Crippen molar-refractivity contribution < 1.29 is 13.9 Å². The molecule has 3 aromatic heterocycles. The molecule has 5 rings (SSSR count). The number of ether oxygens (including phenoxy) is 2. The van der Waals surface area contributed by atoms with Crippen LogP contribution >= 0.6 is 0 Å². The highest BCUT2D eigenvalue weighted by Gasteiger charge is 2.17. The maximum atomic E-state index is 13.1. The molecule has 29 heavy (non-hydrogen) atoms. The number of hydrogen-bond donors (Lipinski definition) is 1.